The second kappa shape index (κ2) is 4.77. The standard InChI is InChI=1S/C11H16BrN/c1-4-11(13-3)9-6-5-7-10(12)8(9)2/h5-7,11,13H,4H2,1-3H3. The molecule has 1 N–H and O–H groups in total. The first kappa shape index (κ1) is 10.7. The Labute approximate surface area is 88.7 Å². The normalized spacial score (nSPS) is 12.9. The molecule has 0 aliphatic heterocycles. The summed E-state index contributed by atoms with van der Waals surface area (Å²) >= 11 is 3.54. The summed E-state index contributed by atoms with van der Waals surface area (Å²) in [7, 11) is 2.01. The summed E-state index contributed by atoms with van der Waals surface area (Å²) in [6.07, 6.45) is 1.12. The highest BCUT2D eigenvalue weighted by atomic mass is 79.9. The van der Waals surface area contributed by atoms with Crippen molar-refractivity contribution in [3.05, 3.63) is 33.8 Å². The molecule has 0 bridgehead atoms. The van der Waals surface area contributed by atoms with Crippen LogP contribution in [-0.2, 0) is 0 Å². The molecular formula is C11H16BrN. The molecule has 0 spiro atoms. The number of hydrogen-bond acceptors (Lipinski definition) is 1. The molecule has 0 amide bonds. The second-order valence-electron chi connectivity index (χ2n) is 3.20. The first-order valence-corrected chi connectivity index (χ1v) is 5.42. The zero-order valence-electron chi connectivity index (χ0n) is 8.39. The summed E-state index contributed by atoms with van der Waals surface area (Å²) in [5, 5.41) is 3.32. The minimum atomic E-state index is 0.470. The van der Waals surface area contributed by atoms with Crippen LogP contribution < -0.4 is 5.32 Å². The highest BCUT2D eigenvalue weighted by Gasteiger charge is 2.10. The van der Waals surface area contributed by atoms with E-state index in [1.807, 2.05) is 7.05 Å². The predicted molar refractivity (Wildman–Crippen MR) is 61.0 cm³/mol. The van der Waals surface area contributed by atoms with Crippen LogP contribution in [0.2, 0.25) is 0 Å². The Kier molecular flexibility index (Phi) is 3.94. The van der Waals surface area contributed by atoms with Crippen molar-refractivity contribution in [2.45, 2.75) is 26.3 Å². The van der Waals surface area contributed by atoms with Gasteiger partial charge in [-0.05, 0) is 37.6 Å². The SMILES string of the molecule is CCC(NC)c1cccc(Br)c1C. The molecule has 0 saturated heterocycles. The number of hydrogen-bond donors (Lipinski definition) is 1. The Balaban J connectivity index is 3.05. The fraction of sp³-hybridized carbons (Fsp3) is 0.455. The molecule has 0 fully saturated rings. The summed E-state index contributed by atoms with van der Waals surface area (Å²) in [5.41, 5.74) is 2.73. The van der Waals surface area contributed by atoms with Crippen LogP contribution in [0.1, 0.15) is 30.5 Å². The molecule has 13 heavy (non-hydrogen) atoms. The van der Waals surface area contributed by atoms with E-state index in [1.54, 1.807) is 0 Å². The van der Waals surface area contributed by atoms with Gasteiger partial charge in [0.1, 0.15) is 0 Å². The molecule has 0 radical (unpaired) electrons. The minimum absolute atomic E-state index is 0.470. The van der Waals surface area contributed by atoms with E-state index in [0.717, 1.165) is 6.42 Å². The van der Waals surface area contributed by atoms with E-state index >= 15 is 0 Å². The van der Waals surface area contributed by atoms with Gasteiger partial charge in [0.2, 0.25) is 0 Å². The lowest BCUT2D eigenvalue weighted by molar-refractivity contribution is 0.573. The molecule has 1 aromatic rings. The van der Waals surface area contributed by atoms with Gasteiger partial charge in [-0.2, -0.15) is 0 Å². The van der Waals surface area contributed by atoms with Gasteiger partial charge in [0.05, 0.1) is 0 Å². The molecule has 72 valence electrons. The molecule has 2 heteroatoms. The maximum Gasteiger partial charge on any atom is 0.0317 e. The average Bonchev–Trinajstić information content (AvgIpc) is 2.14. The zero-order chi connectivity index (χ0) is 9.84. The van der Waals surface area contributed by atoms with E-state index in [2.05, 4.69) is 53.3 Å². The fourth-order valence-electron chi connectivity index (χ4n) is 1.58. The lowest BCUT2D eigenvalue weighted by Gasteiger charge is -2.17. The third kappa shape index (κ3) is 2.32. The number of benzene rings is 1. The van der Waals surface area contributed by atoms with Gasteiger partial charge < -0.3 is 5.32 Å². The Morgan fingerprint density at radius 1 is 1.46 bits per heavy atom. The third-order valence-electron chi connectivity index (χ3n) is 2.44. The van der Waals surface area contributed by atoms with Crippen LogP contribution in [0.3, 0.4) is 0 Å². The molecule has 0 heterocycles. The van der Waals surface area contributed by atoms with Gasteiger partial charge >= 0.3 is 0 Å². The van der Waals surface area contributed by atoms with Crippen molar-refractivity contribution in [3.63, 3.8) is 0 Å². The van der Waals surface area contributed by atoms with Crippen LogP contribution >= 0.6 is 15.9 Å². The van der Waals surface area contributed by atoms with Gasteiger partial charge in [0.25, 0.3) is 0 Å². The van der Waals surface area contributed by atoms with Crippen molar-refractivity contribution in [2.75, 3.05) is 7.05 Å². The summed E-state index contributed by atoms with van der Waals surface area (Å²) in [6.45, 7) is 4.35. The first-order chi connectivity index (χ1) is 6.20. The van der Waals surface area contributed by atoms with Crippen LogP contribution in [-0.4, -0.2) is 7.05 Å². The zero-order valence-corrected chi connectivity index (χ0v) is 9.98. The van der Waals surface area contributed by atoms with Gasteiger partial charge in [-0.15, -0.1) is 0 Å². The van der Waals surface area contributed by atoms with Crippen LogP contribution in [0.4, 0.5) is 0 Å². The smallest absolute Gasteiger partial charge is 0.0317 e. The number of rotatable bonds is 3. The van der Waals surface area contributed by atoms with Crippen LogP contribution in [0.15, 0.2) is 22.7 Å². The molecule has 1 unspecified atom stereocenters. The van der Waals surface area contributed by atoms with Crippen LogP contribution in [0, 0.1) is 6.92 Å². The van der Waals surface area contributed by atoms with Gasteiger partial charge in [-0.3, -0.25) is 0 Å². The average molecular weight is 242 g/mol. The Morgan fingerprint density at radius 3 is 2.69 bits per heavy atom. The summed E-state index contributed by atoms with van der Waals surface area (Å²) in [4.78, 5) is 0. The highest BCUT2D eigenvalue weighted by Crippen LogP contribution is 2.25. The molecule has 1 nitrogen and oxygen atoms in total. The fourth-order valence-corrected chi connectivity index (χ4v) is 1.96. The van der Waals surface area contributed by atoms with E-state index in [0.29, 0.717) is 6.04 Å². The molecule has 1 aromatic carbocycles. The predicted octanol–water partition coefficient (Wildman–Crippen LogP) is 3.43. The van der Waals surface area contributed by atoms with Crippen molar-refractivity contribution in [1.29, 1.82) is 0 Å². The maximum atomic E-state index is 3.54. The van der Waals surface area contributed by atoms with E-state index in [9.17, 15) is 0 Å². The molecule has 0 aromatic heterocycles. The van der Waals surface area contributed by atoms with Crippen molar-refractivity contribution in [2.24, 2.45) is 0 Å². The topological polar surface area (TPSA) is 12.0 Å². The van der Waals surface area contributed by atoms with Crippen molar-refractivity contribution in [3.8, 4) is 0 Å². The lowest BCUT2D eigenvalue weighted by Crippen LogP contribution is -2.16. The quantitative estimate of drug-likeness (QED) is 0.856. The molecule has 1 atom stereocenters. The van der Waals surface area contributed by atoms with Crippen LogP contribution in [0.25, 0.3) is 0 Å². The van der Waals surface area contributed by atoms with E-state index in [4.69, 9.17) is 0 Å². The second-order valence-corrected chi connectivity index (χ2v) is 4.06. The highest BCUT2D eigenvalue weighted by molar-refractivity contribution is 9.10. The Bertz CT molecular complexity index is 279. The van der Waals surface area contributed by atoms with Gasteiger partial charge in [0, 0.05) is 10.5 Å². The van der Waals surface area contributed by atoms with Gasteiger partial charge in [0.15, 0.2) is 0 Å². The number of halogens is 1. The molecular weight excluding hydrogens is 226 g/mol. The molecule has 1 rings (SSSR count). The van der Waals surface area contributed by atoms with Crippen LogP contribution in [0.5, 0.6) is 0 Å². The van der Waals surface area contributed by atoms with Crippen molar-refractivity contribution >= 4 is 15.9 Å². The summed E-state index contributed by atoms with van der Waals surface area (Å²) < 4.78 is 1.19. The number of nitrogens with one attached hydrogen (secondary N) is 1. The maximum absolute atomic E-state index is 3.54. The molecule has 0 aliphatic carbocycles. The third-order valence-corrected chi connectivity index (χ3v) is 3.30. The minimum Gasteiger partial charge on any atom is -0.313 e. The van der Waals surface area contributed by atoms with Gasteiger partial charge in [-0.1, -0.05) is 35.0 Å². The largest absolute Gasteiger partial charge is 0.313 e. The van der Waals surface area contributed by atoms with Crippen molar-refractivity contribution < 1.29 is 0 Å². The summed E-state index contributed by atoms with van der Waals surface area (Å²) in [6, 6.07) is 6.83. The monoisotopic (exact) mass is 241 g/mol. The van der Waals surface area contributed by atoms with E-state index in [1.165, 1.54) is 15.6 Å². The van der Waals surface area contributed by atoms with Crippen molar-refractivity contribution in [1.82, 2.24) is 5.32 Å². The lowest BCUT2D eigenvalue weighted by atomic mass is 10.00. The van der Waals surface area contributed by atoms with E-state index < -0.39 is 0 Å². The molecule has 0 saturated carbocycles. The molecule has 0 aliphatic rings. The first-order valence-electron chi connectivity index (χ1n) is 4.63. The van der Waals surface area contributed by atoms with Gasteiger partial charge in [-0.25, -0.2) is 0 Å². The Hall–Kier alpha value is -0.340. The Morgan fingerprint density at radius 2 is 2.15 bits per heavy atom. The summed E-state index contributed by atoms with van der Waals surface area (Å²) in [5.74, 6) is 0. The van der Waals surface area contributed by atoms with E-state index in [-0.39, 0.29) is 0 Å².